The van der Waals surface area contributed by atoms with Crippen molar-refractivity contribution in [2.24, 2.45) is 4.99 Å². The molecule has 0 aliphatic carbocycles. The summed E-state index contributed by atoms with van der Waals surface area (Å²) < 4.78 is 0.816. The van der Waals surface area contributed by atoms with Crippen LogP contribution in [0.15, 0.2) is 23.2 Å². The van der Waals surface area contributed by atoms with Gasteiger partial charge in [0.1, 0.15) is 4.38 Å². The molecule has 2 rings (SSSR count). The summed E-state index contributed by atoms with van der Waals surface area (Å²) in [6, 6.07) is 4.78. The number of rotatable bonds is 1. The molecular formula is C10H7Cl2NOS2. The monoisotopic (exact) mass is 291 g/mol. The van der Waals surface area contributed by atoms with Gasteiger partial charge in [0.2, 0.25) is 0 Å². The molecule has 0 unspecified atom stereocenters. The topological polar surface area (TPSA) is 29.4 Å². The van der Waals surface area contributed by atoms with Gasteiger partial charge in [0.15, 0.2) is 0 Å². The van der Waals surface area contributed by atoms with Crippen molar-refractivity contribution >= 4 is 57.0 Å². The number of hydrogen-bond acceptors (Lipinski definition) is 3. The van der Waals surface area contributed by atoms with Crippen molar-refractivity contribution in [2.45, 2.75) is 0 Å². The van der Waals surface area contributed by atoms with Crippen molar-refractivity contribution < 1.29 is 4.79 Å². The molecule has 6 heteroatoms. The molecule has 0 spiro atoms. The SMILES string of the molecule is O=C(N=C1SCCS1)c1ccc(Cl)cc1Cl. The van der Waals surface area contributed by atoms with Crippen LogP contribution in [0.2, 0.25) is 10.0 Å². The zero-order chi connectivity index (χ0) is 11.5. The average molecular weight is 292 g/mol. The first-order valence-electron chi connectivity index (χ1n) is 4.50. The number of carbonyl (C=O) groups is 1. The Morgan fingerprint density at radius 2 is 1.94 bits per heavy atom. The van der Waals surface area contributed by atoms with Crippen molar-refractivity contribution in [2.75, 3.05) is 11.5 Å². The fraction of sp³-hybridized carbons (Fsp3) is 0.200. The zero-order valence-electron chi connectivity index (χ0n) is 8.07. The molecule has 0 bridgehead atoms. The minimum Gasteiger partial charge on any atom is -0.267 e. The molecule has 1 aromatic rings. The van der Waals surface area contributed by atoms with Gasteiger partial charge in [-0.1, -0.05) is 46.7 Å². The Hall–Kier alpha value is -0.160. The van der Waals surface area contributed by atoms with E-state index >= 15 is 0 Å². The summed E-state index contributed by atoms with van der Waals surface area (Å²) in [5, 5.41) is 0.855. The van der Waals surface area contributed by atoms with Crippen molar-refractivity contribution in [1.82, 2.24) is 0 Å². The van der Waals surface area contributed by atoms with Crippen molar-refractivity contribution in [3.63, 3.8) is 0 Å². The van der Waals surface area contributed by atoms with Gasteiger partial charge >= 0.3 is 0 Å². The molecule has 1 aromatic carbocycles. The summed E-state index contributed by atoms with van der Waals surface area (Å²) in [5.74, 6) is 1.70. The number of aliphatic imine (C=N–C) groups is 1. The Morgan fingerprint density at radius 1 is 1.25 bits per heavy atom. The second kappa shape index (κ2) is 5.45. The molecule has 16 heavy (non-hydrogen) atoms. The summed E-state index contributed by atoms with van der Waals surface area (Å²) in [6.07, 6.45) is 0. The number of nitrogens with zero attached hydrogens (tertiary/aromatic N) is 1. The molecule has 0 atom stereocenters. The van der Waals surface area contributed by atoms with Gasteiger partial charge in [-0.3, -0.25) is 4.79 Å². The Morgan fingerprint density at radius 3 is 2.56 bits per heavy atom. The maximum Gasteiger partial charge on any atom is 0.280 e. The number of halogens is 2. The van der Waals surface area contributed by atoms with Crippen LogP contribution in [0, 0.1) is 0 Å². The summed E-state index contributed by atoms with van der Waals surface area (Å²) in [6.45, 7) is 0. The minimum absolute atomic E-state index is 0.307. The number of hydrogen-bond donors (Lipinski definition) is 0. The third-order valence-corrected chi connectivity index (χ3v) is 4.90. The van der Waals surface area contributed by atoms with Gasteiger partial charge in [-0.05, 0) is 18.2 Å². The van der Waals surface area contributed by atoms with Crippen molar-refractivity contribution in [1.29, 1.82) is 0 Å². The van der Waals surface area contributed by atoms with Crippen molar-refractivity contribution in [3.8, 4) is 0 Å². The third kappa shape index (κ3) is 2.94. The number of benzene rings is 1. The van der Waals surface area contributed by atoms with E-state index in [0.29, 0.717) is 15.6 Å². The van der Waals surface area contributed by atoms with Gasteiger partial charge in [-0.15, -0.1) is 0 Å². The maximum atomic E-state index is 11.8. The van der Waals surface area contributed by atoms with Crippen LogP contribution in [0.25, 0.3) is 0 Å². The van der Waals surface area contributed by atoms with Crippen LogP contribution < -0.4 is 0 Å². The van der Waals surface area contributed by atoms with E-state index in [9.17, 15) is 4.79 Å². The highest BCUT2D eigenvalue weighted by molar-refractivity contribution is 8.41. The van der Waals surface area contributed by atoms with Gasteiger partial charge < -0.3 is 0 Å². The first-order valence-corrected chi connectivity index (χ1v) is 7.23. The van der Waals surface area contributed by atoms with Crippen LogP contribution in [0.5, 0.6) is 0 Å². The Balaban J connectivity index is 2.23. The summed E-state index contributed by atoms with van der Waals surface area (Å²) in [5.41, 5.74) is 0.395. The summed E-state index contributed by atoms with van der Waals surface area (Å²) >= 11 is 14.9. The highest BCUT2D eigenvalue weighted by atomic mass is 35.5. The van der Waals surface area contributed by atoms with Gasteiger partial charge in [-0.25, -0.2) is 0 Å². The normalized spacial score (nSPS) is 15.2. The molecule has 2 nitrogen and oxygen atoms in total. The van der Waals surface area contributed by atoms with Gasteiger partial charge in [-0.2, -0.15) is 4.99 Å². The predicted octanol–water partition coefficient (Wildman–Crippen LogP) is 3.97. The number of thioether (sulfide) groups is 2. The van der Waals surface area contributed by atoms with E-state index in [2.05, 4.69) is 4.99 Å². The minimum atomic E-state index is -0.307. The van der Waals surface area contributed by atoms with Crippen LogP contribution in [0.4, 0.5) is 0 Å². The molecule has 0 radical (unpaired) electrons. The quantitative estimate of drug-likeness (QED) is 0.784. The van der Waals surface area contributed by atoms with E-state index < -0.39 is 0 Å². The molecule has 1 heterocycles. The molecule has 84 valence electrons. The second-order valence-electron chi connectivity index (χ2n) is 3.00. The lowest BCUT2D eigenvalue weighted by Crippen LogP contribution is -1.98. The predicted molar refractivity (Wildman–Crippen MR) is 73.1 cm³/mol. The first kappa shape index (κ1) is 12.3. The molecule has 1 saturated heterocycles. The molecule has 1 fully saturated rings. The van der Waals surface area contributed by atoms with Gasteiger partial charge in [0.25, 0.3) is 5.91 Å². The lowest BCUT2D eigenvalue weighted by atomic mass is 10.2. The van der Waals surface area contributed by atoms with Gasteiger partial charge in [0, 0.05) is 16.5 Å². The molecular weight excluding hydrogens is 285 g/mol. The molecule has 1 amide bonds. The molecule has 1 aliphatic heterocycles. The lowest BCUT2D eigenvalue weighted by Gasteiger charge is -2.00. The van der Waals surface area contributed by atoms with Crippen LogP contribution in [-0.2, 0) is 0 Å². The Labute approximate surface area is 112 Å². The van der Waals surface area contributed by atoms with Crippen LogP contribution in [0.3, 0.4) is 0 Å². The number of carbonyl (C=O) groups excluding carboxylic acids is 1. The van der Waals surface area contributed by atoms with Crippen LogP contribution in [0.1, 0.15) is 10.4 Å². The zero-order valence-corrected chi connectivity index (χ0v) is 11.2. The smallest absolute Gasteiger partial charge is 0.267 e. The van der Waals surface area contributed by atoms with Gasteiger partial charge in [0.05, 0.1) is 10.6 Å². The maximum absolute atomic E-state index is 11.8. The fourth-order valence-corrected chi connectivity index (χ4v) is 3.80. The third-order valence-electron chi connectivity index (χ3n) is 1.89. The van der Waals surface area contributed by atoms with E-state index in [4.69, 9.17) is 23.2 Å². The Kier molecular flexibility index (Phi) is 4.19. The standard InChI is InChI=1S/C10H7Cl2NOS2/c11-6-1-2-7(8(12)5-6)9(14)13-10-15-3-4-16-10/h1-2,5H,3-4H2. The Bertz CT molecular complexity index is 454. The summed E-state index contributed by atoms with van der Waals surface area (Å²) in [4.78, 5) is 15.8. The molecule has 0 saturated carbocycles. The molecule has 1 aliphatic rings. The fourth-order valence-electron chi connectivity index (χ4n) is 1.17. The van der Waals surface area contributed by atoms with Crippen molar-refractivity contribution in [3.05, 3.63) is 33.8 Å². The second-order valence-corrected chi connectivity index (χ2v) is 6.27. The highest BCUT2D eigenvalue weighted by Gasteiger charge is 2.14. The van der Waals surface area contributed by atoms with E-state index in [-0.39, 0.29) is 5.91 Å². The first-order chi connectivity index (χ1) is 7.66. The van der Waals surface area contributed by atoms with E-state index in [1.54, 1.807) is 41.7 Å². The summed E-state index contributed by atoms with van der Waals surface area (Å²) in [7, 11) is 0. The van der Waals surface area contributed by atoms with E-state index in [0.717, 1.165) is 15.9 Å². The highest BCUT2D eigenvalue weighted by Crippen LogP contribution is 2.27. The average Bonchev–Trinajstić information content (AvgIpc) is 2.70. The van der Waals surface area contributed by atoms with Crippen LogP contribution in [-0.4, -0.2) is 21.8 Å². The largest absolute Gasteiger partial charge is 0.280 e. The lowest BCUT2D eigenvalue weighted by molar-refractivity contribution is 0.100. The van der Waals surface area contributed by atoms with E-state index in [1.165, 1.54) is 0 Å². The van der Waals surface area contributed by atoms with E-state index in [1.807, 2.05) is 0 Å². The van der Waals surface area contributed by atoms with Crippen LogP contribution >= 0.6 is 46.7 Å². The number of amides is 1. The molecule has 0 N–H and O–H groups in total. The molecule has 0 aromatic heterocycles.